The maximum absolute atomic E-state index is 10.7. The molecule has 4 heteroatoms. The number of ether oxygens (including phenoxy) is 1. The molecular formula is C13H22N2O2. The van der Waals surface area contributed by atoms with Crippen molar-refractivity contribution in [2.24, 2.45) is 0 Å². The largest absolute Gasteiger partial charge is 0.462 e. The van der Waals surface area contributed by atoms with Gasteiger partial charge in [0.2, 0.25) is 0 Å². The molecule has 96 valence electrons. The van der Waals surface area contributed by atoms with Gasteiger partial charge in [-0.05, 0) is 14.0 Å². The molecule has 17 heavy (non-hydrogen) atoms. The van der Waals surface area contributed by atoms with E-state index < -0.39 is 0 Å². The average molecular weight is 238 g/mol. The highest BCUT2D eigenvalue weighted by atomic mass is 16.5. The van der Waals surface area contributed by atoms with Crippen LogP contribution in [0.3, 0.4) is 0 Å². The van der Waals surface area contributed by atoms with Crippen molar-refractivity contribution in [3.8, 4) is 11.8 Å². The highest BCUT2D eigenvalue weighted by Crippen LogP contribution is 1.98. The van der Waals surface area contributed by atoms with Crippen molar-refractivity contribution in [2.75, 3.05) is 39.8 Å². The number of hydrogen-bond donors (Lipinski definition) is 0. The molecule has 1 aliphatic rings. The summed E-state index contributed by atoms with van der Waals surface area (Å²) >= 11 is 0. The third kappa shape index (κ3) is 6.30. The molecular weight excluding hydrogens is 216 g/mol. The summed E-state index contributed by atoms with van der Waals surface area (Å²) in [6, 6.07) is 0. The number of nitrogens with zero attached hydrogens (tertiary/aromatic N) is 2. The zero-order chi connectivity index (χ0) is 12.7. The van der Waals surface area contributed by atoms with Crippen molar-refractivity contribution in [3.05, 3.63) is 0 Å². The van der Waals surface area contributed by atoms with Crippen molar-refractivity contribution < 1.29 is 9.53 Å². The summed E-state index contributed by atoms with van der Waals surface area (Å²) in [5.41, 5.74) is 0. The Morgan fingerprint density at radius 2 is 1.94 bits per heavy atom. The minimum absolute atomic E-state index is 0.104. The Morgan fingerprint density at radius 3 is 2.53 bits per heavy atom. The number of carbonyl (C=O) groups is 1. The van der Waals surface area contributed by atoms with E-state index in [0.29, 0.717) is 6.42 Å². The Labute approximate surface area is 104 Å². The molecule has 0 N–H and O–H groups in total. The third-order valence-corrected chi connectivity index (χ3v) is 2.78. The SMILES string of the molecule is CC(=O)O[C@@H](C)CC#CCN1CCN(C)CC1. The van der Waals surface area contributed by atoms with Crippen LogP contribution in [0.1, 0.15) is 20.3 Å². The van der Waals surface area contributed by atoms with E-state index in [4.69, 9.17) is 4.74 Å². The number of likely N-dealkylation sites (N-methyl/N-ethyl adjacent to an activating group) is 1. The molecule has 1 saturated heterocycles. The van der Waals surface area contributed by atoms with Crippen molar-refractivity contribution in [3.63, 3.8) is 0 Å². The van der Waals surface area contributed by atoms with Crippen LogP contribution < -0.4 is 0 Å². The van der Waals surface area contributed by atoms with Gasteiger partial charge in [-0.15, -0.1) is 0 Å². The van der Waals surface area contributed by atoms with Crippen molar-refractivity contribution in [1.82, 2.24) is 9.80 Å². The molecule has 4 nitrogen and oxygen atoms in total. The fraction of sp³-hybridized carbons (Fsp3) is 0.769. The summed E-state index contributed by atoms with van der Waals surface area (Å²) in [6.07, 6.45) is 0.514. The zero-order valence-corrected chi connectivity index (χ0v) is 11.0. The van der Waals surface area contributed by atoms with Crippen LogP contribution in [-0.4, -0.2) is 61.6 Å². The van der Waals surface area contributed by atoms with E-state index in [1.165, 1.54) is 6.92 Å². The van der Waals surface area contributed by atoms with Crippen LogP contribution in [0.25, 0.3) is 0 Å². The molecule has 0 radical (unpaired) electrons. The monoisotopic (exact) mass is 238 g/mol. The molecule has 0 unspecified atom stereocenters. The highest BCUT2D eigenvalue weighted by Gasteiger charge is 2.11. The highest BCUT2D eigenvalue weighted by molar-refractivity contribution is 5.66. The van der Waals surface area contributed by atoms with Gasteiger partial charge in [0.25, 0.3) is 0 Å². The van der Waals surface area contributed by atoms with Crippen molar-refractivity contribution in [2.45, 2.75) is 26.4 Å². The Morgan fingerprint density at radius 1 is 1.29 bits per heavy atom. The van der Waals surface area contributed by atoms with Gasteiger partial charge in [0.1, 0.15) is 6.10 Å². The average Bonchev–Trinajstić information content (AvgIpc) is 2.26. The summed E-state index contributed by atoms with van der Waals surface area (Å²) in [4.78, 5) is 15.4. The first kappa shape index (κ1) is 14.0. The maximum Gasteiger partial charge on any atom is 0.302 e. The maximum atomic E-state index is 10.7. The van der Waals surface area contributed by atoms with Gasteiger partial charge in [-0.25, -0.2) is 0 Å². The molecule has 0 spiro atoms. The second-order valence-electron chi connectivity index (χ2n) is 4.56. The molecule has 0 aromatic heterocycles. The summed E-state index contributed by atoms with van der Waals surface area (Å²) < 4.78 is 4.99. The first-order chi connectivity index (χ1) is 8.08. The lowest BCUT2D eigenvalue weighted by Gasteiger charge is -2.30. The molecule has 0 aliphatic carbocycles. The summed E-state index contributed by atoms with van der Waals surface area (Å²) in [5.74, 6) is 5.97. The molecule has 0 aromatic carbocycles. The van der Waals surface area contributed by atoms with Crippen LogP contribution in [0.2, 0.25) is 0 Å². The van der Waals surface area contributed by atoms with Crippen LogP contribution in [0.15, 0.2) is 0 Å². The van der Waals surface area contributed by atoms with Gasteiger partial charge in [0, 0.05) is 39.5 Å². The summed E-state index contributed by atoms with van der Waals surface area (Å²) in [6.45, 7) is 8.52. The minimum Gasteiger partial charge on any atom is -0.462 e. The van der Waals surface area contributed by atoms with E-state index >= 15 is 0 Å². The van der Waals surface area contributed by atoms with E-state index in [1.54, 1.807) is 0 Å². The molecule has 0 saturated carbocycles. The van der Waals surface area contributed by atoms with Crippen LogP contribution in [0.4, 0.5) is 0 Å². The summed E-state index contributed by atoms with van der Waals surface area (Å²) in [5, 5.41) is 0. The fourth-order valence-electron chi connectivity index (χ4n) is 1.71. The molecule has 1 atom stereocenters. The standard InChI is InChI=1S/C13H22N2O2/c1-12(17-13(2)16)6-4-5-7-15-10-8-14(3)9-11-15/h12H,6-11H2,1-3H3/t12-/m0/s1. The van der Waals surface area contributed by atoms with Gasteiger partial charge >= 0.3 is 5.97 Å². The predicted octanol–water partition coefficient (Wildman–Crippen LogP) is 0.579. The second kappa shape index (κ2) is 7.31. The van der Waals surface area contributed by atoms with E-state index in [2.05, 4.69) is 28.7 Å². The number of piperazine rings is 1. The Bertz CT molecular complexity index is 298. The van der Waals surface area contributed by atoms with Crippen LogP contribution >= 0.6 is 0 Å². The van der Waals surface area contributed by atoms with Gasteiger partial charge in [-0.2, -0.15) is 0 Å². The first-order valence-electron chi connectivity index (χ1n) is 6.12. The van der Waals surface area contributed by atoms with Crippen LogP contribution in [0.5, 0.6) is 0 Å². The molecule has 1 heterocycles. The Balaban J connectivity index is 2.15. The fourth-order valence-corrected chi connectivity index (χ4v) is 1.71. The van der Waals surface area contributed by atoms with E-state index in [1.807, 2.05) is 6.92 Å². The minimum atomic E-state index is -0.238. The lowest BCUT2D eigenvalue weighted by molar-refractivity contribution is -0.145. The molecule has 0 bridgehead atoms. The van der Waals surface area contributed by atoms with Gasteiger partial charge in [-0.3, -0.25) is 9.69 Å². The number of rotatable bonds is 3. The number of carbonyl (C=O) groups excluding carboxylic acids is 1. The lowest BCUT2D eigenvalue weighted by Crippen LogP contribution is -2.44. The smallest absolute Gasteiger partial charge is 0.302 e. The lowest BCUT2D eigenvalue weighted by atomic mass is 10.3. The molecule has 0 aromatic rings. The topological polar surface area (TPSA) is 32.8 Å². The second-order valence-corrected chi connectivity index (χ2v) is 4.56. The predicted molar refractivity (Wildman–Crippen MR) is 67.6 cm³/mol. The van der Waals surface area contributed by atoms with Gasteiger partial charge in [0.05, 0.1) is 6.54 Å². The van der Waals surface area contributed by atoms with Gasteiger partial charge < -0.3 is 9.64 Å². The third-order valence-electron chi connectivity index (χ3n) is 2.78. The van der Waals surface area contributed by atoms with Crippen molar-refractivity contribution >= 4 is 5.97 Å². The number of esters is 1. The van der Waals surface area contributed by atoms with Gasteiger partial charge in [-0.1, -0.05) is 11.8 Å². The Hall–Kier alpha value is -1.05. The summed E-state index contributed by atoms with van der Waals surface area (Å²) in [7, 11) is 2.14. The Kier molecular flexibility index (Phi) is 6.03. The van der Waals surface area contributed by atoms with E-state index in [9.17, 15) is 4.79 Å². The van der Waals surface area contributed by atoms with Crippen molar-refractivity contribution in [1.29, 1.82) is 0 Å². The van der Waals surface area contributed by atoms with Crippen LogP contribution in [-0.2, 0) is 9.53 Å². The van der Waals surface area contributed by atoms with E-state index in [0.717, 1.165) is 32.7 Å². The quantitative estimate of drug-likeness (QED) is 0.532. The number of hydrogen-bond acceptors (Lipinski definition) is 4. The van der Waals surface area contributed by atoms with Gasteiger partial charge in [0.15, 0.2) is 0 Å². The molecule has 1 rings (SSSR count). The van der Waals surface area contributed by atoms with E-state index in [-0.39, 0.29) is 12.1 Å². The molecule has 1 fully saturated rings. The molecule has 0 amide bonds. The first-order valence-corrected chi connectivity index (χ1v) is 6.12. The zero-order valence-electron chi connectivity index (χ0n) is 11.0. The molecule has 1 aliphatic heterocycles. The normalized spacial score (nSPS) is 19.2. The van der Waals surface area contributed by atoms with Crippen LogP contribution in [0, 0.1) is 11.8 Å².